The van der Waals surface area contributed by atoms with Crippen LogP contribution in [-0.2, 0) is 23.2 Å². The minimum Gasteiger partial charge on any atom is -1.00 e. The van der Waals surface area contributed by atoms with Gasteiger partial charge in [-0.2, -0.15) is 0 Å². The molecule has 2 aromatic rings. The van der Waals surface area contributed by atoms with Crippen LogP contribution >= 0.6 is 0 Å². The summed E-state index contributed by atoms with van der Waals surface area (Å²) in [6.07, 6.45) is 8.27. The number of hydrogen-bond acceptors (Lipinski definition) is 1. The van der Waals surface area contributed by atoms with Crippen LogP contribution in [0.5, 0.6) is 0 Å². The van der Waals surface area contributed by atoms with Crippen LogP contribution in [0, 0.1) is 5.92 Å². The maximum Gasteiger partial charge on any atom is -1.00 e. The second-order valence-electron chi connectivity index (χ2n) is 6.81. The largest absolute Gasteiger partial charge is 1.00 e. The van der Waals surface area contributed by atoms with Crippen molar-refractivity contribution in [3.8, 4) is 0 Å². The van der Waals surface area contributed by atoms with Crippen LogP contribution in [0.3, 0.4) is 0 Å². The van der Waals surface area contributed by atoms with E-state index in [2.05, 4.69) is 73.8 Å². The van der Waals surface area contributed by atoms with Gasteiger partial charge in [0.15, 0.2) is 0 Å². The molecule has 2 unspecified atom stereocenters. The summed E-state index contributed by atoms with van der Waals surface area (Å²) in [5.41, 5.74) is 8.98. The fraction of sp³-hybridized carbons (Fsp3) is 0.286. The first kappa shape index (κ1) is 21.4. The summed E-state index contributed by atoms with van der Waals surface area (Å²) in [4.78, 5) is 4.27. The average Bonchev–Trinajstić information content (AvgIpc) is 3.28. The fourth-order valence-corrected chi connectivity index (χ4v) is 8.71. The second-order valence-corrected chi connectivity index (χ2v) is 10.3. The smallest absolute Gasteiger partial charge is 1.00 e. The van der Waals surface area contributed by atoms with Gasteiger partial charge < -0.3 is 24.8 Å². The van der Waals surface area contributed by atoms with E-state index in [-0.39, 0.29) is 24.8 Å². The molecule has 1 aromatic heterocycles. The van der Waals surface area contributed by atoms with Crippen LogP contribution in [0.4, 0.5) is 0 Å². The molecular weight excluding hydrogens is 442 g/mol. The van der Waals surface area contributed by atoms with Crippen LogP contribution in [0.2, 0.25) is 0 Å². The standard InChI is InChI=1S/C12H9N2.C9H13.2ClH.Zr/c1-2-4-11-8-12(7-10(11)3-1)14-6-5-13-9-14;1-6-5-7(2)9(4)8(6)3;;;/h1-9H;6H,1-4H3;2*1H;/q;;;;+2/p-2. The van der Waals surface area contributed by atoms with Crippen molar-refractivity contribution in [2.24, 2.45) is 5.92 Å². The SMILES string of the molecule is CC1=C(C)C(C)[C]([Zr+2][CH]2C(n3ccnc3)=Cc3ccccc32)=C1C.[Cl-].[Cl-]. The maximum atomic E-state index is 4.27. The first-order valence-electron chi connectivity index (χ1n) is 8.52. The van der Waals surface area contributed by atoms with Gasteiger partial charge in [-0.3, -0.25) is 0 Å². The number of benzene rings is 1. The molecule has 5 heteroatoms. The van der Waals surface area contributed by atoms with Crippen molar-refractivity contribution >= 4 is 11.8 Å². The third kappa shape index (κ3) is 3.46. The number of allylic oxidation sites excluding steroid dienone is 5. The Morgan fingerprint density at radius 1 is 1.04 bits per heavy atom. The van der Waals surface area contributed by atoms with E-state index in [1.807, 2.05) is 12.5 Å². The predicted molar refractivity (Wildman–Crippen MR) is 95.8 cm³/mol. The van der Waals surface area contributed by atoms with E-state index >= 15 is 0 Å². The van der Waals surface area contributed by atoms with Gasteiger partial charge in [-0.15, -0.1) is 0 Å². The number of imidazole rings is 1. The van der Waals surface area contributed by atoms with Gasteiger partial charge in [-0.05, 0) is 0 Å². The van der Waals surface area contributed by atoms with Crippen molar-refractivity contribution in [3.05, 3.63) is 74.1 Å². The molecule has 1 aromatic carbocycles. The van der Waals surface area contributed by atoms with E-state index in [4.69, 9.17) is 0 Å². The van der Waals surface area contributed by atoms with Crippen molar-refractivity contribution in [2.75, 3.05) is 0 Å². The first-order valence-corrected chi connectivity index (χ1v) is 11.2. The molecule has 26 heavy (non-hydrogen) atoms. The minimum absolute atomic E-state index is 0. The van der Waals surface area contributed by atoms with E-state index in [1.54, 1.807) is 14.4 Å². The average molecular weight is 465 g/mol. The van der Waals surface area contributed by atoms with Gasteiger partial charge in [0.2, 0.25) is 0 Å². The van der Waals surface area contributed by atoms with Crippen molar-refractivity contribution in [3.63, 3.8) is 0 Å². The Hall–Kier alpha value is -0.887. The molecule has 2 aliphatic rings. The molecule has 0 N–H and O–H groups in total. The Kier molecular flexibility index (Phi) is 6.93. The van der Waals surface area contributed by atoms with E-state index in [0.717, 1.165) is 0 Å². The molecule has 134 valence electrons. The molecule has 2 aliphatic carbocycles. The Balaban J connectivity index is 0.00000121. The van der Waals surface area contributed by atoms with Crippen LogP contribution in [0.15, 0.2) is 63.0 Å². The monoisotopic (exact) mass is 462 g/mol. The summed E-state index contributed by atoms with van der Waals surface area (Å²) < 4.78 is 4.56. The number of halogens is 2. The van der Waals surface area contributed by atoms with Gasteiger partial charge >= 0.3 is 156 Å². The molecule has 0 radical (unpaired) electrons. The van der Waals surface area contributed by atoms with Crippen molar-refractivity contribution in [1.82, 2.24) is 9.55 Å². The summed E-state index contributed by atoms with van der Waals surface area (Å²) in [6, 6.07) is 8.90. The first-order chi connectivity index (χ1) is 11.6. The van der Waals surface area contributed by atoms with Crippen molar-refractivity contribution in [2.45, 2.75) is 31.3 Å². The Morgan fingerprint density at radius 2 is 1.77 bits per heavy atom. The summed E-state index contributed by atoms with van der Waals surface area (Å²) in [7, 11) is 0. The number of aromatic nitrogens is 2. The third-order valence-corrected chi connectivity index (χ3v) is 10.6. The number of rotatable bonds is 3. The zero-order chi connectivity index (χ0) is 16.8. The molecule has 2 atom stereocenters. The maximum absolute atomic E-state index is 4.27. The number of fused-ring (bicyclic) bond motifs is 1. The van der Waals surface area contributed by atoms with E-state index in [1.165, 1.54) is 22.4 Å². The summed E-state index contributed by atoms with van der Waals surface area (Å²) in [5.74, 6) is 0.633. The van der Waals surface area contributed by atoms with E-state index < -0.39 is 23.2 Å². The Bertz CT molecular complexity index is 894. The van der Waals surface area contributed by atoms with Gasteiger partial charge in [0.05, 0.1) is 0 Å². The second kappa shape index (κ2) is 8.42. The molecule has 0 bridgehead atoms. The molecule has 0 saturated carbocycles. The summed E-state index contributed by atoms with van der Waals surface area (Å²) in [5, 5.41) is 0. The number of nitrogens with zero attached hydrogens (tertiary/aromatic N) is 2. The molecule has 2 nitrogen and oxygen atoms in total. The van der Waals surface area contributed by atoms with Gasteiger partial charge in [0.25, 0.3) is 0 Å². The Labute approximate surface area is 179 Å². The zero-order valence-corrected chi connectivity index (χ0v) is 19.4. The van der Waals surface area contributed by atoms with Crippen molar-refractivity contribution < 1.29 is 48.0 Å². The van der Waals surface area contributed by atoms with Gasteiger partial charge in [0, 0.05) is 0 Å². The minimum atomic E-state index is -0.796. The molecular formula is C21H22Cl2N2Zr. The fourth-order valence-electron chi connectivity index (χ4n) is 3.85. The molecule has 4 rings (SSSR count). The topological polar surface area (TPSA) is 17.8 Å². The molecule has 0 aliphatic heterocycles. The van der Waals surface area contributed by atoms with Crippen LogP contribution in [0.25, 0.3) is 11.8 Å². The molecule has 1 heterocycles. The van der Waals surface area contributed by atoms with E-state index in [9.17, 15) is 0 Å². The number of hydrogen-bond donors (Lipinski definition) is 0. The molecule has 0 saturated heterocycles. The van der Waals surface area contributed by atoms with Gasteiger partial charge in [0.1, 0.15) is 0 Å². The normalized spacial score (nSPS) is 21.0. The quantitative estimate of drug-likeness (QED) is 0.587. The van der Waals surface area contributed by atoms with E-state index in [0.29, 0.717) is 9.54 Å². The zero-order valence-electron chi connectivity index (χ0n) is 15.4. The van der Waals surface area contributed by atoms with Crippen LogP contribution in [-0.4, -0.2) is 9.55 Å². The van der Waals surface area contributed by atoms with Gasteiger partial charge in [-0.25, -0.2) is 0 Å². The molecule has 0 spiro atoms. The predicted octanol–water partition coefficient (Wildman–Crippen LogP) is -0.713. The van der Waals surface area contributed by atoms with Crippen LogP contribution in [0.1, 0.15) is 42.4 Å². The summed E-state index contributed by atoms with van der Waals surface area (Å²) in [6.45, 7) is 9.33. The third-order valence-electron chi connectivity index (χ3n) is 5.65. The van der Waals surface area contributed by atoms with Crippen LogP contribution < -0.4 is 24.8 Å². The van der Waals surface area contributed by atoms with Crippen molar-refractivity contribution in [1.29, 1.82) is 0 Å². The molecule has 0 fully saturated rings. The summed E-state index contributed by atoms with van der Waals surface area (Å²) >= 11 is -0.796. The molecule has 0 amide bonds. The Morgan fingerprint density at radius 3 is 2.38 bits per heavy atom. The van der Waals surface area contributed by atoms with Gasteiger partial charge in [-0.1, -0.05) is 0 Å².